The predicted molar refractivity (Wildman–Crippen MR) is 91.9 cm³/mol. The molecule has 0 saturated carbocycles. The van der Waals surface area contributed by atoms with E-state index in [-0.39, 0.29) is 10.8 Å². The number of benzene rings is 2. The van der Waals surface area contributed by atoms with Gasteiger partial charge in [0.25, 0.3) is 15.9 Å². The van der Waals surface area contributed by atoms with Gasteiger partial charge in [-0.2, -0.15) is 0 Å². The fourth-order valence-corrected chi connectivity index (χ4v) is 2.91. The van der Waals surface area contributed by atoms with E-state index < -0.39 is 10.0 Å². The molecule has 2 N–H and O–H groups in total. The van der Waals surface area contributed by atoms with Gasteiger partial charge in [0.05, 0.1) is 16.3 Å². The Labute approximate surface area is 136 Å². The van der Waals surface area contributed by atoms with Gasteiger partial charge >= 0.3 is 0 Å². The van der Waals surface area contributed by atoms with Crippen molar-refractivity contribution < 1.29 is 13.2 Å². The molecule has 120 valence electrons. The van der Waals surface area contributed by atoms with Crippen LogP contribution in [0.3, 0.4) is 0 Å². The number of carbonyl (C=O) groups is 1. The molecule has 0 aromatic heterocycles. The fourth-order valence-electron chi connectivity index (χ4n) is 1.83. The molecule has 0 fully saturated rings. The highest BCUT2D eigenvalue weighted by Gasteiger charge is 2.16. The van der Waals surface area contributed by atoms with E-state index in [4.69, 9.17) is 0 Å². The minimum absolute atomic E-state index is 0.157. The average molecular weight is 330 g/mol. The summed E-state index contributed by atoms with van der Waals surface area (Å²) in [5.41, 5.74) is 1.97. The molecule has 0 aliphatic rings. The van der Waals surface area contributed by atoms with Gasteiger partial charge in [0.15, 0.2) is 0 Å². The molecule has 0 aliphatic heterocycles. The van der Waals surface area contributed by atoms with Crippen molar-refractivity contribution in [2.75, 3.05) is 10.0 Å². The van der Waals surface area contributed by atoms with Gasteiger partial charge in [-0.15, -0.1) is 0 Å². The molecule has 2 aromatic carbocycles. The van der Waals surface area contributed by atoms with Gasteiger partial charge in [0.2, 0.25) is 0 Å². The molecule has 0 saturated heterocycles. The molecule has 0 aliphatic carbocycles. The van der Waals surface area contributed by atoms with Crippen molar-refractivity contribution in [3.63, 3.8) is 0 Å². The van der Waals surface area contributed by atoms with E-state index in [1.54, 1.807) is 43.3 Å². The standard InChI is InChI=1S/C17H18N2O3S/c1-12(2)17(20)18-15-6-4-5-7-16(15)19-23(21,22)14-10-8-13(3)9-11-14/h4-11,19H,1H2,2-3H3,(H,18,20). The van der Waals surface area contributed by atoms with Gasteiger partial charge < -0.3 is 5.32 Å². The van der Waals surface area contributed by atoms with Crippen LogP contribution in [0.15, 0.2) is 65.6 Å². The Hall–Kier alpha value is -2.60. The van der Waals surface area contributed by atoms with Gasteiger partial charge in [-0.05, 0) is 38.1 Å². The van der Waals surface area contributed by atoms with Crippen LogP contribution < -0.4 is 10.0 Å². The first-order valence-corrected chi connectivity index (χ1v) is 8.43. The lowest BCUT2D eigenvalue weighted by atomic mass is 10.2. The first-order chi connectivity index (χ1) is 10.8. The summed E-state index contributed by atoms with van der Waals surface area (Å²) in [7, 11) is -3.73. The van der Waals surface area contributed by atoms with Crippen LogP contribution in [-0.2, 0) is 14.8 Å². The Morgan fingerprint density at radius 3 is 2.13 bits per heavy atom. The quantitative estimate of drug-likeness (QED) is 0.826. The normalized spacial score (nSPS) is 10.9. The Kier molecular flexibility index (Phi) is 4.86. The molecule has 23 heavy (non-hydrogen) atoms. The second-order valence-corrected chi connectivity index (χ2v) is 6.88. The first kappa shape index (κ1) is 16.8. The summed E-state index contributed by atoms with van der Waals surface area (Å²) in [5, 5.41) is 2.63. The number of rotatable bonds is 5. The van der Waals surface area contributed by atoms with Crippen molar-refractivity contribution in [3.05, 3.63) is 66.2 Å². The number of anilines is 2. The molecule has 0 atom stereocenters. The van der Waals surface area contributed by atoms with E-state index in [1.165, 1.54) is 12.1 Å². The van der Waals surface area contributed by atoms with E-state index in [2.05, 4.69) is 16.6 Å². The molecular formula is C17H18N2O3S. The molecule has 0 heterocycles. The molecule has 0 radical (unpaired) electrons. The average Bonchev–Trinajstić information content (AvgIpc) is 2.49. The van der Waals surface area contributed by atoms with Crippen LogP contribution in [-0.4, -0.2) is 14.3 Å². The lowest BCUT2D eigenvalue weighted by molar-refractivity contribution is -0.112. The third kappa shape index (κ3) is 4.20. The largest absolute Gasteiger partial charge is 0.320 e. The SMILES string of the molecule is C=C(C)C(=O)Nc1ccccc1NS(=O)(=O)c1ccc(C)cc1. The Balaban J connectivity index is 2.31. The minimum Gasteiger partial charge on any atom is -0.320 e. The monoisotopic (exact) mass is 330 g/mol. The van der Waals surface area contributed by atoms with Crippen LogP contribution in [0.5, 0.6) is 0 Å². The molecule has 5 nitrogen and oxygen atoms in total. The van der Waals surface area contributed by atoms with Gasteiger partial charge in [0.1, 0.15) is 0 Å². The van der Waals surface area contributed by atoms with Gasteiger partial charge in [-0.25, -0.2) is 8.42 Å². The van der Waals surface area contributed by atoms with Crippen molar-refractivity contribution in [3.8, 4) is 0 Å². The number of amides is 1. The number of nitrogens with one attached hydrogen (secondary N) is 2. The van der Waals surface area contributed by atoms with E-state index in [9.17, 15) is 13.2 Å². The van der Waals surface area contributed by atoms with Crippen LogP contribution in [0.25, 0.3) is 0 Å². The van der Waals surface area contributed by atoms with Crippen LogP contribution in [0, 0.1) is 6.92 Å². The number of para-hydroxylation sites is 2. The topological polar surface area (TPSA) is 75.3 Å². The van der Waals surface area contributed by atoms with Crippen molar-refractivity contribution >= 4 is 27.3 Å². The van der Waals surface area contributed by atoms with E-state index in [0.29, 0.717) is 16.9 Å². The van der Waals surface area contributed by atoms with Gasteiger partial charge in [-0.3, -0.25) is 9.52 Å². The lowest BCUT2D eigenvalue weighted by Crippen LogP contribution is -2.17. The highest BCUT2D eigenvalue weighted by molar-refractivity contribution is 7.92. The fraction of sp³-hybridized carbons (Fsp3) is 0.118. The van der Waals surface area contributed by atoms with E-state index in [1.807, 2.05) is 6.92 Å². The molecule has 0 unspecified atom stereocenters. The first-order valence-electron chi connectivity index (χ1n) is 6.95. The summed E-state index contributed by atoms with van der Waals surface area (Å²) < 4.78 is 27.4. The Morgan fingerprint density at radius 1 is 1.00 bits per heavy atom. The highest BCUT2D eigenvalue weighted by atomic mass is 32.2. The van der Waals surface area contributed by atoms with E-state index in [0.717, 1.165) is 5.56 Å². The number of sulfonamides is 1. The van der Waals surface area contributed by atoms with Crippen LogP contribution in [0.2, 0.25) is 0 Å². The van der Waals surface area contributed by atoms with Crippen LogP contribution >= 0.6 is 0 Å². The molecule has 2 aromatic rings. The zero-order valence-electron chi connectivity index (χ0n) is 13.0. The number of carbonyl (C=O) groups excluding carboxylic acids is 1. The van der Waals surface area contributed by atoms with Crippen molar-refractivity contribution in [2.24, 2.45) is 0 Å². The third-order valence-corrected chi connectivity index (χ3v) is 4.52. The lowest BCUT2D eigenvalue weighted by Gasteiger charge is -2.13. The molecule has 0 spiro atoms. The second kappa shape index (κ2) is 6.66. The number of aryl methyl sites for hydroxylation is 1. The number of hydrogen-bond acceptors (Lipinski definition) is 3. The van der Waals surface area contributed by atoms with Crippen molar-refractivity contribution in [2.45, 2.75) is 18.7 Å². The molecule has 0 bridgehead atoms. The van der Waals surface area contributed by atoms with E-state index >= 15 is 0 Å². The van der Waals surface area contributed by atoms with Crippen LogP contribution in [0.4, 0.5) is 11.4 Å². The molecule has 6 heteroatoms. The summed E-state index contributed by atoms with van der Waals surface area (Å²) in [6.07, 6.45) is 0. The summed E-state index contributed by atoms with van der Waals surface area (Å²) in [5.74, 6) is -0.369. The second-order valence-electron chi connectivity index (χ2n) is 5.20. The zero-order valence-corrected chi connectivity index (χ0v) is 13.8. The van der Waals surface area contributed by atoms with Crippen molar-refractivity contribution in [1.82, 2.24) is 0 Å². The summed E-state index contributed by atoms with van der Waals surface area (Å²) in [6.45, 7) is 7.02. The van der Waals surface area contributed by atoms with Crippen LogP contribution in [0.1, 0.15) is 12.5 Å². The summed E-state index contributed by atoms with van der Waals surface area (Å²) in [6, 6.07) is 13.1. The summed E-state index contributed by atoms with van der Waals surface area (Å²) in [4.78, 5) is 11.9. The predicted octanol–water partition coefficient (Wildman–Crippen LogP) is 3.31. The maximum atomic E-state index is 12.4. The third-order valence-electron chi connectivity index (χ3n) is 3.14. The smallest absolute Gasteiger partial charge is 0.261 e. The van der Waals surface area contributed by atoms with Gasteiger partial charge in [-0.1, -0.05) is 36.4 Å². The van der Waals surface area contributed by atoms with Crippen molar-refractivity contribution in [1.29, 1.82) is 0 Å². The molecule has 2 rings (SSSR count). The Morgan fingerprint density at radius 2 is 1.57 bits per heavy atom. The Bertz CT molecular complexity index is 840. The number of hydrogen-bond donors (Lipinski definition) is 2. The summed E-state index contributed by atoms with van der Waals surface area (Å²) >= 11 is 0. The minimum atomic E-state index is -3.73. The molecule has 1 amide bonds. The maximum Gasteiger partial charge on any atom is 0.261 e. The maximum absolute atomic E-state index is 12.4. The van der Waals surface area contributed by atoms with Gasteiger partial charge in [0, 0.05) is 5.57 Å². The molecular weight excluding hydrogens is 312 g/mol. The highest BCUT2D eigenvalue weighted by Crippen LogP contribution is 2.25. The zero-order chi connectivity index (χ0) is 17.0.